The summed E-state index contributed by atoms with van der Waals surface area (Å²) in [5.41, 5.74) is 10.2. The Kier molecular flexibility index (Phi) is 3.17. The van der Waals surface area contributed by atoms with Gasteiger partial charge in [-0.05, 0) is 12.5 Å². The van der Waals surface area contributed by atoms with E-state index in [1.54, 1.807) is 6.20 Å². The average Bonchev–Trinajstić information content (AvgIpc) is 2.49. The molecule has 0 atom stereocenters. The van der Waals surface area contributed by atoms with E-state index in [-0.39, 0.29) is 0 Å². The van der Waals surface area contributed by atoms with Crippen LogP contribution in [0.1, 0.15) is 5.56 Å². The van der Waals surface area contributed by atoms with Gasteiger partial charge in [-0.1, -0.05) is 60.2 Å². The second kappa shape index (κ2) is 5.13. The van der Waals surface area contributed by atoms with Crippen molar-refractivity contribution < 1.29 is 0 Å². The molecular formula is C17H15N3. The standard InChI is InChI=1S/C17H15N3/c1-12-7-9-13(10-8-12)15-11-19-17(20-16(15)18)14-5-3-2-4-6-14/h2-11H,1H3,(H2,18,19,20). The molecule has 0 aliphatic rings. The minimum absolute atomic E-state index is 0.503. The van der Waals surface area contributed by atoms with E-state index >= 15 is 0 Å². The highest BCUT2D eigenvalue weighted by Gasteiger charge is 2.07. The lowest BCUT2D eigenvalue weighted by molar-refractivity contribution is 1.19. The van der Waals surface area contributed by atoms with E-state index in [1.165, 1.54) is 5.56 Å². The van der Waals surface area contributed by atoms with Crippen LogP contribution in [0.4, 0.5) is 5.82 Å². The first-order valence-electron chi connectivity index (χ1n) is 6.49. The van der Waals surface area contributed by atoms with E-state index in [1.807, 2.05) is 42.5 Å². The van der Waals surface area contributed by atoms with Gasteiger partial charge in [0.2, 0.25) is 0 Å². The second-order valence-electron chi connectivity index (χ2n) is 4.72. The number of hydrogen-bond acceptors (Lipinski definition) is 3. The van der Waals surface area contributed by atoms with Crippen LogP contribution in [0.2, 0.25) is 0 Å². The third-order valence-electron chi connectivity index (χ3n) is 3.21. The number of benzene rings is 2. The van der Waals surface area contributed by atoms with E-state index < -0.39 is 0 Å². The number of aryl methyl sites for hydroxylation is 1. The molecule has 2 aromatic carbocycles. The summed E-state index contributed by atoms with van der Waals surface area (Å²) in [6.45, 7) is 2.06. The number of aromatic nitrogens is 2. The van der Waals surface area contributed by atoms with Gasteiger partial charge in [-0.2, -0.15) is 0 Å². The van der Waals surface area contributed by atoms with Gasteiger partial charge in [0.1, 0.15) is 5.82 Å². The molecule has 1 aromatic heterocycles. The van der Waals surface area contributed by atoms with Crippen LogP contribution >= 0.6 is 0 Å². The molecule has 3 aromatic rings. The third kappa shape index (κ3) is 2.38. The van der Waals surface area contributed by atoms with Gasteiger partial charge < -0.3 is 5.73 Å². The maximum Gasteiger partial charge on any atom is 0.161 e. The number of nitrogen functional groups attached to an aromatic ring is 1. The molecule has 0 spiro atoms. The summed E-state index contributed by atoms with van der Waals surface area (Å²) in [6, 6.07) is 18.0. The zero-order valence-corrected chi connectivity index (χ0v) is 11.2. The lowest BCUT2D eigenvalue weighted by atomic mass is 10.1. The molecule has 0 unspecified atom stereocenters. The number of nitrogens with zero attached hydrogens (tertiary/aromatic N) is 2. The summed E-state index contributed by atoms with van der Waals surface area (Å²) in [4.78, 5) is 8.83. The molecule has 3 nitrogen and oxygen atoms in total. The number of rotatable bonds is 2. The van der Waals surface area contributed by atoms with Gasteiger partial charge in [-0.15, -0.1) is 0 Å². The largest absolute Gasteiger partial charge is 0.383 e. The molecule has 98 valence electrons. The Hall–Kier alpha value is -2.68. The van der Waals surface area contributed by atoms with Gasteiger partial charge in [0.25, 0.3) is 0 Å². The summed E-state index contributed by atoms with van der Waals surface area (Å²) in [6.07, 6.45) is 1.79. The molecule has 0 aliphatic carbocycles. The van der Waals surface area contributed by atoms with Crippen LogP contribution in [0.25, 0.3) is 22.5 Å². The lowest BCUT2D eigenvalue weighted by Crippen LogP contribution is -1.98. The average molecular weight is 261 g/mol. The Morgan fingerprint density at radius 3 is 2.20 bits per heavy atom. The highest BCUT2D eigenvalue weighted by molar-refractivity contribution is 5.74. The Morgan fingerprint density at radius 2 is 1.55 bits per heavy atom. The van der Waals surface area contributed by atoms with Gasteiger partial charge in [-0.3, -0.25) is 0 Å². The molecule has 2 N–H and O–H groups in total. The Morgan fingerprint density at radius 1 is 0.850 bits per heavy atom. The smallest absolute Gasteiger partial charge is 0.161 e. The molecule has 3 rings (SSSR count). The van der Waals surface area contributed by atoms with E-state index in [0.717, 1.165) is 16.7 Å². The summed E-state index contributed by atoms with van der Waals surface area (Å²) in [5, 5.41) is 0. The molecular weight excluding hydrogens is 246 g/mol. The van der Waals surface area contributed by atoms with Crippen LogP contribution in [0.3, 0.4) is 0 Å². The number of hydrogen-bond donors (Lipinski definition) is 1. The molecule has 0 saturated carbocycles. The van der Waals surface area contributed by atoms with E-state index in [4.69, 9.17) is 5.73 Å². The predicted molar refractivity (Wildman–Crippen MR) is 82.1 cm³/mol. The minimum Gasteiger partial charge on any atom is -0.383 e. The predicted octanol–water partition coefficient (Wildman–Crippen LogP) is 3.70. The first-order chi connectivity index (χ1) is 9.74. The summed E-state index contributed by atoms with van der Waals surface area (Å²) in [5.74, 6) is 1.15. The SMILES string of the molecule is Cc1ccc(-c2cnc(-c3ccccc3)nc2N)cc1. The van der Waals surface area contributed by atoms with Crippen LogP contribution in [-0.2, 0) is 0 Å². The van der Waals surface area contributed by atoms with E-state index in [0.29, 0.717) is 11.6 Å². The van der Waals surface area contributed by atoms with Crippen molar-refractivity contribution >= 4 is 5.82 Å². The van der Waals surface area contributed by atoms with Crippen LogP contribution in [0.5, 0.6) is 0 Å². The lowest BCUT2D eigenvalue weighted by Gasteiger charge is -2.07. The zero-order valence-electron chi connectivity index (χ0n) is 11.2. The summed E-state index contributed by atoms with van der Waals surface area (Å²) >= 11 is 0. The van der Waals surface area contributed by atoms with Crippen LogP contribution in [0, 0.1) is 6.92 Å². The fraction of sp³-hybridized carbons (Fsp3) is 0.0588. The van der Waals surface area contributed by atoms with Crippen LogP contribution < -0.4 is 5.73 Å². The molecule has 20 heavy (non-hydrogen) atoms. The van der Waals surface area contributed by atoms with Crippen molar-refractivity contribution in [2.24, 2.45) is 0 Å². The fourth-order valence-corrected chi connectivity index (χ4v) is 2.08. The second-order valence-corrected chi connectivity index (χ2v) is 4.72. The first kappa shape index (κ1) is 12.4. The van der Waals surface area contributed by atoms with Gasteiger partial charge in [0.15, 0.2) is 5.82 Å². The molecule has 3 heteroatoms. The summed E-state index contributed by atoms with van der Waals surface area (Å²) in [7, 11) is 0. The van der Waals surface area contributed by atoms with Crippen LogP contribution in [-0.4, -0.2) is 9.97 Å². The van der Waals surface area contributed by atoms with Crippen molar-refractivity contribution in [2.45, 2.75) is 6.92 Å². The Labute approximate surface area is 118 Å². The highest BCUT2D eigenvalue weighted by Crippen LogP contribution is 2.26. The zero-order chi connectivity index (χ0) is 13.9. The maximum absolute atomic E-state index is 6.08. The van der Waals surface area contributed by atoms with Gasteiger partial charge >= 0.3 is 0 Å². The van der Waals surface area contributed by atoms with Crippen molar-refractivity contribution in [3.8, 4) is 22.5 Å². The molecule has 0 aliphatic heterocycles. The van der Waals surface area contributed by atoms with Crippen molar-refractivity contribution in [3.63, 3.8) is 0 Å². The Bertz CT molecular complexity index is 719. The first-order valence-corrected chi connectivity index (χ1v) is 6.49. The number of anilines is 1. The molecule has 1 heterocycles. The fourth-order valence-electron chi connectivity index (χ4n) is 2.08. The van der Waals surface area contributed by atoms with Crippen LogP contribution in [0.15, 0.2) is 60.8 Å². The van der Waals surface area contributed by atoms with Crippen molar-refractivity contribution in [1.29, 1.82) is 0 Å². The normalized spacial score (nSPS) is 10.4. The molecule has 0 bridgehead atoms. The Balaban J connectivity index is 2.02. The van der Waals surface area contributed by atoms with Crippen molar-refractivity contribution in [3.05, 3.63) is 66.4 Å². The van der Waals surface area contributed by atoms with E-state index in [2.05, 4.69) is 29.0 Å². The van der Waals surface area contributed by atoms with Gasteiger partial charge in [-0.25, -0.2) is 9.97 Å². The summed E-state index contributed by atoms with van der Waals surface area (Å²) < 4.78 is 0. The maximum atomic E-state index is 6.08. The molecule has 0 saturated heterocycles. The van der Waals surface area contributed by atoms with Crippen molar-refractivity contribution in [1.82, 2.24) is 9.97 Å². The van der Waals surface area contributed by atoms with Crippen molar-refractivity contribution in [2.75, 3.05) is 5.73 Å². The number of nitrogens with two attached hydrogens (primary N) is 1. The molecule has 0 amide bonds. The monoisotopic (exact) mass is 261 g/mol. The van der Waals surface area contributed by atoms with Gasteiger partial charge in [0.05, 0.1) is 0 Å². The minimum atomic E-state index is 0.503. The third-order valence-corrected chi connectivity index (χ3v) is 3.21. The van der Waals surface area contributed by atoms with E-state index in [9.17, 15) is 0 Å². The van der Waals surface area contributed by atoms with Gasteiger partial charge in [0, 0.05) is 17.3 Å². The highest BCUT2D eigenvalue weighted by atomic mass is 14.9. The molecule has 0 radical (unpaired) electrons. The quantitative estimate of drug-likeness (QED) is 0.765. The topological polar surface area (TPSA) is 51.8 Å². The molecule has 0 fully saturated rings.